The summed E-state index contributed by atoms with van der Waals surface area (Å²) in [5.41, 5.74) is 0. The third-order valence-corrected chi connectivity index (χ3v) is 1.18. The lowest BCUT2D eigenvalue weighted by atomic mass is 10.2. The Labute approximate surface area is 56.2 Å². The van der Waals surface area contributed by atoms with Gasteiger partial charge in [-0.1, -0.05) is 5.92 Å². The first-order valence-electron chi connectivity index (χ1n) is 2.61. The lowest BCUT2D eigenvalue weighted by Gasteiger charge is -1.98. The van der Waals surface area contributed by atoms with E-state index in [2.05, 4.69) is 4.74 Å². The minimum Gasteiger partial charge on any atom is -0.444 e. The van der Waals surface area contributed by atoms with Crippen LogP contribution in [0.15, 0.2) is 0 Å². The molecule has 4 heteroatoms. The number of hydrogen-bond acceptors (Lipinski definition) is 2. The number of halogens is 2. The van der Waals surface area contributed by atoms with Gasteiger partial charge in [-0.25, -0.2) is 4.79 Å². The first-order valence-corrected chi connectivity index (χ1v) is 2.61. The van der Waals surface area contributed by atoms with Crippen LogP contribution in [0, 0.1) is 12.3 Å². The Balaban J connectivity index is 2.73. The van der Waals surface area contributed by atoms with E-state index in [4.69, 9.17) is 6.42 Å². The van der Waals surface area contributed by atoms with E-state index >= 15 is 0 Å². The second kappa shape index (κ2) is 1.94. The normalized spacial score (nSPS) is 29.3. The number of ether oxygens (including phenoxy) is 1. The zero-order valence-electron chi connectivity index (χ0n) is 4.93. The lowest BCUT2D eigenvalue weighted by molar-refractivity contribution is -0.158. The molecule has 0 bridgehead atoms. The van der Waals surface area contributed by atoms with Crippen LogP contribution in [-0.4, -0.2) is 18.0 Å². The Hall–Kier alpha value is -1.11. The Morgan fingerprint density at radius 1 is 1.80 bits per heavy atom. The molecule has 0 spiro atoms. The van der Waals surface area contributed by atoms with Crippen molar-refractivity contribution in [2.45, 2.75) is 18.4 Å². The fraction of sp³-hybridized carbons (Fsp3) is 0.500. The van der Waals surface area contributed by atoms with Gasteiger partial charge in [-0.15, -0.1) is 6.42 Å². The Morgan fingerprint density at radius 2 is 2.40 bits per heavy atom. The van der Waals surface area contributed by atoms with Gasteiger partial charge in [-0.05, 0) is 0 Å². The van der Waals surface area contributed by atoms with Crippen LogP contribution < -0.4 is 0 Å². The van der Waals surface area contributed by atoms with Gasteiger partial charge in [0.25, 0.3) is 0 Å². The predicted molar refractivity (Wildman–Crippen MR) is 28.3 cm³/mol. The highest BCUT2D eigenvalue weighted by molar-refractivity contribution is 5.80. The number of hydrogen-bond donors (Lipinski definition) is 0. The maximum absolute atomic E-state index is 12.2. The molecule has 1 rings (SSSR count). The fourth-order valence-electron chi connectivity index (χ4n) is 0.666. The summed E-state index contributed by atoms with van der Waals surface area (Å²) in [6.07, 6.45) is 3.01. The van der Waals surface area contributed by atoms with Gasteiger partial charge in [0.05, 0.1) is 6.42 Å². The van der Waals surface area contributed by atoms with Crippen molar-refractivity contribution in [1.82, 2.24) is 0 Å². The van der Waals surface area contributed by atoms with Crippen LogP contribution in [0.4, 0.5) is 8.78 Å². The highest BCUT2D eigenvalue weighted by Crippen LogP contribution is 2.30. The summed E-state index contributed by atoms with van der Waals surface area (Å²) in [6.45, 7) is 0. The van der Waals surface area contributed by atoms with Gasteiger partial charge in [0.2, 0.25) is 0 Å². The summed E-state index contributed by atoms with van der Waals surface area (Å²) in [4.78, 5) is 10.2. The summed E-state index contributed by atoms with van der Waals surface area (Å²) < 4.78 is 28.5. The monoisotopic (exact) mass is 146 g/mol. The van der Waals surface area contributed by atoms with Crippen LogP contribution >= 0.6 is 0 Å². The van der Waals surface area contributed by atoms with Gasteiger partial charge in [0.1, 0.15) is 0 Å². The van der Waals surface area contributed by atoms with Gasteiger partial charge in [-0.2, -0.15) is 8.78 Å². The van der Waals surface area contributed by atoms with Crippen molar-refractivity contribution in [3.63, 3.8) is 0 Å². The largest absolute Gasteiger partial charge is 0.444 e. The van der Waals surface area contributed by atoms with Crippen molar-refractivity contribution in [2.24, 2.45) is 0 Å². The molecule has 0 aromatic carbocycles. The Kier molecular flexibility index (Phi) is 1.36. The van der Waals surface area contributed by atoms with Gasteiger partial charge < -0.3 is 4.74 Å². The van der Waals surface area contributed by atoms with E-state index in [0.29, 0.717) is 0 Å². The van der Waals surface area contributed by atoms with Gasteiger partial charge in [-0.3, -0.25) is 0 Å². The van der Waals surface area contributed by atoms with Crippen molar-refractivity contribution in [3.8, 4) is 12.3 Å². The number of carbonyl (C=O) groups is 1. The number of terminal acetylenes is 1. The molecule has 54 valence electrons. The molecule has 10 heavy (non-hydrogen) atoms. The van der Waals surface area contributed by atoms with E-state index in [1.165, 1.54) is 0 Å². The Morgan fingerprint density at radius 3 is 2.60 bits per heavy atom. The Bertz CT molecular complexity index is 204. The van der Waals surface area contributed by atoms with Crippen molar-refractivity contribution in [2.75, 3.05) is 0 Å². The molecule has 1 saturated heterocycles. The number of esters is 1. The van der Waals surface area contributed by atoms with E-state index < -0.39 is 24.4 Å². The zero-order chi connectivity index (χ0) is 7.78. The van der Waals surface area contributed by atoms with E-state index in [1.807, 2.05) is 5.92 Å². The van der Waals surface area contributed by atoms with Crippen LogP contribution in [0.1, 0.15) is 6.42 Å². The maximum atomic E-state index is 12.2. The third kappa shape index (κ3) is 0.947. The van der Waals surface area contributed by atoms with E-state index in [1.54, 1.807) is 0 Å². The fourth-order valence-corrected chi connectivity index (χ4v) is 0.666. The van der Waals surface area contributed by atoms with Crippen LogP contribution in [0.3, 0.4) is 0 Å². The van der Waals surface area contributed by atoms with Gasteiger partial charge >= 0.3 is 11.9 Å². The van der Waals surface area contributed by atoms with Gasteiger partial charge in [0, 0.05) is 0 Å². The van der Waals surface area contributed by atoms with Crippen LogP contribution in [0.5, 0.6) is 0 Å². The molecule has 1 unspecified atom stereocenters. The highest BCUT2D eigenvalue weighted by Gasteiger charge is 2.50. The second-order valence-electron chi connectivity index (χ2n) is 1.97. The summed E-state index contributed by atoms with van der Waals surface area (Å²) in [5.74, 6) is -2.97. The van der Waals surface area contributed by atoms with Gasteiger partial charge in [0.15, 0.2) is 6.10 Å². The molecule has 0 saturated carbocycles. The molecule has 1 fully saturated rings. The molecule has 2 nitrogen and oxygen atoms in total. The summed E-state index contributed by atoms with van der Waals surface area (Å²) in [7, 11) is 0. The molecule has 0 radical (unpaired) electrons. The van der Waals surface area contributed by atoms with E-state index in [-0.39, 0.29) is 0 Å². The molecule has 0 aromatic heterocycles. The molecule has 0 N–H and O–H groups in total. The first kappa shape index (κ1) is 7.00. The number of cyclic esters (lactones) is 1. The third-order valence-electron chi connectivity index (χ3n) is 1.18. The first-order chi connectivity index (χ1) is 4.56. The minimum absolute atomic E-state index is 0.692. The molecular weight excluding hydrogens is 142 g/mol. The van der Waals surface area contributed by atoms with Crippen molar-refractivity contribution >= 4 is 5.97 Å². The molecule has 0 aliphatic carbocycles. The summed E-state index contributed by atoms with van der Waals surface area (Å²) in [6, 6.07) is 0. The molecule has 0 amide bonds. The molecule has 1 aliphatic heterocycles. The van der Waals surface area contributed by atoms with E-state index in [0.717, 1.165) is 0 Å². The van der Waals surface area contributed by atoms with Crippen molar-refractivity contribution < 1.29 is 18.3 Å². The number of carbonyl (C=O) groups excluding carboxylic acids is 1. The van der Waals surface area contributed by atoms with Crippen LogP contribution in [0.25, 0.3) is 0 Å². The summed E-state index contributed by atoms with van der Waals surface area (Å²) >= 11 is 0. The molecule has 1 aliphatic rings. The smallest absolute Gasteiger partial charge is 0.378 e. The standard InChI is InChI=1S/C6H4F2O2/c1-2-4-3-6(7,8)5(9)10-4/h1,4H,3H2. The molecule has 0 aromatic rings. The quantitative estimate of drug-likeness (QED) is 0.369. The van der Waals surface area contributed by atoms with Crippen LogP contribution in [-0.2, 0) is 9.53 Å². The van der Waals surface area contributed by atoms with Crippen molar-refractivity contribution in [3.05, 3.63) is 0 Å². The maximum Gasteiger partial charge on any atom is 0.378 e. The SMILES string of the molecule is C#CC1CC(F)(F)C(=O)O1. The average Bonchev–Trinajstić information content (AvgIpc) is 2.08. The molecule has 1 atom stereocenters. The second-order valence-corrected chi connectivity index (χ2v) is 1.97. The predicted octanol–water partition coefficient (Wildman–Crippen LogP) is 0.570. The van der Waals surface area contributed by atoms with Crippen LogP contribution in [0.2, 0.25) is 0 Å². The minimum atomic E-state index is -3.38. The number of alkyl halides is 2. The highest BCUT2D eigenvalue weighted by atomic mass is 19.3. The molecular formula is C6H4F2O2. The molecule has 1 heterocycles. The zero-order valence-corrected chi connectivity index (χ0v) is 4.93. The topological polar surface area (TPSA) is 26.3 Å². The average molecular weight is 146 g/mol. The van der Waals surface area contributed by atoms with E-state index in [9.17, 15) is 13.6 Å². The van der Waals surface area contributed by atoms with Crippen molar-refractivity contribution in [1.29, 1.82) is 0 Å². The lowest BCUT2D eigenvalue weighted by Crippen LogP contribution is -2.21. The summed E-state index contributed by atoms with van der Waals surface area (Å²) in [5, 5.41) is 0. The number of rotatable bonds is 0.